The van der Waals surface area contributed by atoms with Crippen molar-refractivity contribution in [3.05, 3.63) is 24.5 Å². The van der Waals surface area contributed by atoms with Crippen molar-refractivity contribution < 1.29 is 0 Å². The van der Waals surface area contributed by atoms with Crippen LogP contribution in [-0.2, 0) is 14.1 Å². The van der Waals surface area contributed by atoms with Gasteiger partial charge in [0.2, 0.25) is 5.95 Å². The monoisotopic (exact) mass is 229 g/mol. The second kappa shape index (κ2) is 3.55. The Balaban J connectivity index is 2.05. The van der Waals surface area contributed by atoms with Gasteiger partial charge in [0.25, 0.3) is 0 Å². The summed E-state index contributed by atoms with van der Waals surface area (Å²) >= 11 is 0. The van der Waals surface area contributed by atoms with Crippen LogP contribution in [0.1, 0.15) is 0 Å². The molecule has 7 nitrogen and oxygen atoms in total. The second-order valence-corrected chi connectivity index (χ2v) is 3.73. The van der Waals surface area contributed by atoms with Gasteiger partial charge in [-0.2, -0.15) is 15.0 Å². The minimum atomic E-state index is 0.547. The maximum atomic E-state index is 4.30. The zero-order valence-electron chi connectivity index (χ0n) is 9.49. The molecule has 1 aromatic carbocycles. The van der Waals surface area contributed by atoms with E-state index in [0.29, 0.717) is 5.95 Å². The number of fused-ring (bicyclic) bond motifs is 1. The minimum Gasteiger partial charge on any atom is -0.321 e. The van der Waals surface area contributed by atoms with Gasteiger partial charge in [0, 0.05) is 14.1 Å². The molecule has 0 aliphatic carbocycles. The molecule has 1 N–H and O–H groups in total. The van der Waals surface area contributed by atoms with Crippen molar-refractivity contribution in [1.82, 2.24) is 29.8 Å². The molecule has 3 rings (SSSR count). The van der Waals surface area contributed by atoms with Gasteiger partial charge < -0.3 is 5.32 Å². The molecule has 0 atom stereocenters. The van der Waals surface area contributed by atoms with E-state index >= 15 is 0 Å². The molecule has 0 saturated carbocycles. The highest BCUT2D eigenvalue weighted by Crippen LogP contribution is 2.21. The summed E-state index contributed by atoms with van der Waals surface area (Å²) in [6, 6.07) is 5.76. The second-order valence-electron chi connectivity index (χ2n) is 3.73. The summed E-state index contributed by atoms with van der Waals surface area (Å²) in [6.45, 7) is 0. The van der Waals surface area contributed by atoms with E-state index in [0.717, 1.165) is 16.7 Å². The normalized spacial score (nSPS) is 10.9. The first-order valence-electron chi connectivity index (χ1n) is 5.15. The molecule has 0 unspecified atom stereocenters. The zero-order chi connectivity index (χ0) is 11.8. The molecule has 0 amide bonds. The Morgan fingerprint density at radius 3 is 2.76 bits per heavy atom. The quantitative estimate of drug-likeness (QED) is 0.705. The van der Waals surface area contributed by atoms with Crippen molar-refractivity contribution in [2.75, 3.05) is 5.32 Å². The summed E-state index contributed by atoms with van der Waals surface area (Å²) in [6.07, 6.45) is 1.64. The number of nitrogens with zero attached hydrogens (tertiary/aromatic N) is 6. The van der Waals surface area contributed by atoms with Gasteiger partial charge in [-0.25, -0.2) is 4.98 Å². The van der Waals surface area contributed by atoms with Gasteiger partial charge in [-0.1, -0.05) is 6.07 Å². The van der Waals surface area contributed by atoms with Crippen LogP contribution in [0.5, 0.6) is 0 Å². The van der Waals surface area contributed by atoms with Crippen molar-refractivity contribution in [3.63, 3.8) is 0 Å². The van der Waals surface area contributed by atoms with Gasteiger partial charge in [0.15, 0.2) is 0 Å². The van der Waals surface area contributed by atoms with E-state index in [9.17, 15) is 0 Å². The Hall–Kier alpha value is -2.44. The van der Waals surface area contributed by atoms with Gasteiger partial charge in [-0.05, 0) is 12.1 Å². The maximum Gasteiger partial charge on any atom is 0.246 e. The van der Waals surface area contributed by atoms with Crippen LogP contribution in [0.15, 0.2) is 24.5 Å². The van der Waals surface area contributed by atoms with E-state index in [1.165, 1.54) is 0 Å². The van der Waals surface area contributed by atoms with Crippen LogP contribution < -0.4 is 5.32 Å². The molecule has 0 spiro atoms. The molecule has 3 aromatic rings. The highest BCUT2D eigenvalue weighted by atomic mass is 15.5. The van der Waals surface area contributed by atoms with Crippen molar-refractivity contribution in [1.29, 1.82) is 0 Å². The fraction of sp³-hybridized carbons (Fsp3) is 0.200. The predicted octanol–water partition coefficient (Wildman–Crippen LogP) is 0.840. The lowest BCUT2D eigenvalue weighted by Gasteiger charge is -2.00. The fourth-order valence-corrected chi connectivity index (χ4v) is 1.66. The van der Waals surface area contributed by atoms with E-state index < -0.39 is 0 Å². The van der Waals surface area contributed by atoms with Crippen LogP contribution in [0.4, 0.5) is 11.6 Å². The van der Waals surface area contributed by atoms with Gasteiger partial charge >= 0.3 is 0 Å². The lowest BCUT2D eigenvalue weighted by Crippen LogP contribution is -1.96. The Morgan fingerprint density at radius 2 is 2.00 bits per heavy atom. The zero-order valence-corrected chi connectivity index (χ0v) is 9.49. The van der Waals surface area contributed by atoms with Crippen LogP contribution in [0.3, 0.4) is 0 Å². The van der Waals surface area contributed by atoms with E-state index in [1.54, 1.807) is 22.9 Å². The smallest absolute Gasteiger partial charge is 0.246 e. The third-order valence-electron chi connectivity index (χ3n) is 2.36. The average molecular weight is 229 g/mol. The minimum absolute atomic E-state index is 0.547. The molecule has 2 aromatic heterocycles. The van der Waals surface area contributed by atoms with Crippen molar-refractivity contribution in [2.45, 2.75) is 0 Å². The summed E-state index contributed by atoms with van der Waals surface area (Å²) < 4.78 is 1.64. The highest BCUT2D eigenvalue weighted by molar-refractivity contribution is 5.88. The Morgan fingerprint density at radius 1 is 1.12 bits per heavy atom. The number of rotatable bonds is 2. The van der Waals surface area contributed by atoms with Crippen molar-refractivity contribution in [2.24, 2.45) is 14.1 Å². The summed E-state index contributed by atoms with van der Waals surface area (Å²) in [4.78, 5) is 5.65. The largest absolute Gasteiger partial charge is 0.321 e. The van der Waals surface area contributed by atoms with Crippen molar-refractivity contribution in [3.8, 4) is 0 Å². The number of hydrogen-bond acceptors (Lipinski definition) is 5. The maximum absolute atomic E-state index is 4.30. The third-order valence-corrected chi connectivity index (χ3v) is 2.36. The number of anilines is 2. The van der Waals surface area contributed by atoms with Gasteiger partial charge in [-0.3, -0.25) is 4.68 Å². The molecule has 7 heteroatoms. The molecule has 0 fully saturated rings. The van der Waals surface area contributed by atoms with Gasteiger partial charge in [-0.15, -0.1) is 5.10 Å². The Bertz CT molecular complexity index is 666. The standard InChI is InChI=1S/C10H11N7/c1-16-6-11-10(15-16)12-7-4-3-5-8-9(7)14-17(2)13-8/h3-6H,1-2H3,(H,12,15). The Kier molecular flexibility index (Phi) is 2.04. The lowest BCUT2D eigenvalue weighted by molar-refractivity contribution is 0.665. The molecule has 0 radical (unpaired) electrons. The third kappa shape index (κ3) is 1.71. The topological polar surface area (TPSA) is 73.5 Å². The Labute approximate surface area is 97.1 Å². The summed E-state index contributed by atoms with van der Waals surface area (Å²) in [5, 5.41) is 15.8. The molecule has 17 heavy (non-hydrogen) atoms. The first-order chi connectivity index (χ1) is 8.22. The SMILES string of the molecule is Cn1cnc(Nc2cccc3nn(C)nc23)n1. The first-order valence-corrected chi connectivity index (χ1v) is 5.15. The molecule has 0 saturated heterocycles. The van der Waals surface area contributed by atoms with E-state index in [4.69, 9.17) is 0 Å². The highest BCUT2D eigenvalue weighted by Gasteiger charge is 2.07. The number of aromatic nitrogens is 6. The van der Waals surface area contributed by atoms with E-state index in [2.05, 4.69) is 25.6 Å². The van der Waals surface area contributed by atoms with Crippen LogP contribution >= 0.6 is 0 Å². The van der Waals surface area contributed by atoms with Gasteiger partial charge in [0.1, 0.15) is 17.4 Å². The molecule has 0 bridgehead atoms. The number of aryl methyl sites for hydroxylation is 2. The van der Waals surface area contributed by atoms with Crippen LogP contribution in [0.25, 0.3) is 11.0 Å². The number of benzene rings is 1. The molecular weight excluding hydrogens is 218 g/mol. The predicted molar refractivity (Wildman–Crippen MR) is 62.8 cm³/mol. The fourth-order valence-electron chi connectivity index (χ4n) is 1.66. The summed E-state index contributed by atoms with van der Waals surface area (Å²) in [7, 11) is 3.61. The number of hydrogen-bond donors (Lipinski definition) is 1. The van der Waals surface area contributed by atoms with Crippen LogP contribution in [-0.4, -0.2) is 29.8 Å². The number of nitrogens with one attached hydrogen (secondary N) is 1. The molecule has 0 aliphatic heterocycles. The molecule has 2 heterocycles. The summed E-state index contributed by atoms with van der Waals surface area (Å²) in [5.41, 5.74) is 2.50. The summed E-state index contributed by atoms with van der Waals surface area (Å²) in [5.74, 6) is 0.547. The molecule has 0 aliphatic rings. The van der Waals surface area contributed by atoms with Crippen LogP contribution in [0.2, 0.25) is 0 Å². The molecular formula is C10H11N7. The average Bonchev–Trinajstić information content (AvgIpc) is 2.84. The molecule has 86 valence electrons. The van der Waals surface area contributed by atoms with Crippen molar-refractivity contribution >= 4 is 22.7 Å². The van der Waals surface area contributed by atoms with E-state index in [-0.39, 0.29) is 0 Å². The lowest BCUT2D eigenvalue weighted by atomic mass is 10.2. The first kappa shape index (κ1) is 9.76. The van der Waals surface area contributed by atoms with Gasteiger partial charge in [0.05, 0.1) is 5.69 Å². The van der Waals surface area contributed by atoms with Crippen LogP contribution in [0, 0.1) is 0 Å². The van der Waals surface area contributed by atoms with E-state index in [1.807, 2.05) is 25.2 Å².